The first-order chi connectivity index (χ1) is 8.04. The molecule has 0 amide bonds. The second kappa shape index (κ2) is 6.87. The van der Waals surface area contributed by atoms with Crippen LogP contribution in [0.25, 0.3) is 0 Å². The highest BCUT2D eigenvalue weighted by atomic mass is 35.5. The van der Waals surface area contributed by atoms with E-state index in [1.807, 2.05) is 6.07 Å². The molecule has 0 aromatic heterocycles. The Hall–Kier alpha value is -0.730. The minimum absolute atomic E-state index is 0.668. The molecule has 1 rings (SSSR count). The lowest BCUT2D eigenvalue weighted by Crippen LogP contribution is -2.22. The summed E-state index contributed by atoms with van der Waals surface area (Å²) in [6, 6.07) is 6.10. The van der Waals surface area contributed by atoms with E-state index in [1.165, 1.54) is 11.3 Å². The van der Waals surface area contributed by atoms with E-state index in [0.29, 0.717) is 5.92 Å². The lowest BCUT2D eigenvalue weighted by molar-refractivity contribution is 0.552. The van der Waals surface area contributed by atoms with E-state index in [0.717, 1.165) is 24.7 Å². The zero-order valence-electron chi connectivity index (χ0n) is 11.3. The van der Waals surface area contributed by atoms with E-state index in [1.54, 1.807) is 0 Å². The van der Waals surface area contributed by atoms with Crippen LogP contribution in [0.3, 0.4) is 0 Å². The van der Waals surface area contributed by atoms with Crippen LogP contribution in [-0.2, 0) is 6.54 Å². The van der Waals surface area contributed by atoms with Gasteiger partial charge in [-0.2, -0.15) is 0 Å². The molecule has 1 N–H and O–H groups in total. The first kappa shape index (κ1) is 14.3. The number of benzene rings is 1. The largest absolute Gasteiger partial charge is 0.375 e. The van der Waals surface area contributed by atoms with Crippen molar-refractivity contribution in [1.82, 2.24) is 5.32 Å². The van der Waals surface area contributed by atoms with Crippen LogP contribution in [0.4, 0.5) is 5.69 Å². The lowest BCUT2D eigenvalue weighted by atomic mass is 10.1. The minimum Gasteiger partial charge on any atom is -0.375 e. The lowest BCUT2D eigenvalue weighted by Gasteiger charge is -2.21. The standard InChI is InChI=1S/C14H23ClN2/c1-5-17(4)14-7-6-13(15)8-12(14)10-16-9-11(2)3/h6-8,11,16H,5,9-10H2,1-4H3. The third kappa shape index (κ3) is 4.57. The molecule has 96 valence electrons. The van der Waals surface area contributed by atoms with Crippen LogP contribution in [0, 0.1) is 5.92 Å². The van der Waals surface area contributed by atoms with Gasteiger partial charge in [0.2, 0.25) is 0 Å². The van der Waals surface area contributed by atoms with Gasteiger partial charge in [0.1, 0.15) is 0 Å². The minimum atomic E-state index is 0.668. The number of hydrogen-bond donors (Lipinski definition) is 1. The van der Waals surface area contributed by atoms with Crippen molar-refractivity contribution in [3.8, 4) is 0 Å². The van der Waals surface area contributed by atoms with Crippen LogP contribution in [-0.4, -0.2) is 20.1 Å². The van der Waals surface area contributed by atoms with Gasteiger partial charge in [0.15, 0.2) is 0 Å². The first-order valence-corrected chi connectivity index (χ1v) is 6.62. The van der Waals surface area contributed by atoms with Crippen molar-refractivity contribution in [2.24, 2.45) is 5.92 Å². The molecule has 2 nitrogen and oxygen atoms in total. The maximum atomic E-state index is 6.06. The van der Waals surface area contributed by atoms with Gasteiger partial charge in [-0.25, -0.2) is 0 Å². The summed E-state index contributed by atoms with van der Waals surface area (Å²) in [5.74, 6) is 0.668. The van der Waals surface area contributed by atoms with E-state index < -0.39 is 0 Å². The van der Waals surface area contributed by atoms with Crippen molar-refractivity contribution in [2.45, 2.75) is 27.3 Å². The highest BCUT2D eigenvalue weighted by Gasteiger charge is 2.07. The van der Waals surface area contributed by atoms with Crippen molar-refractivity contribution < 1.29 is 0 Å². The van der Waals surface area contributed by atoms with Gasteiger partial charge in [-0.3, -0.25) is 0 Å². The molecule has 0 unspecified atom stereocenters. The second-order valence-electron chi connectivity index (χ2n) is 4.81. The summed E-state index contributed by atoms with van der Waals surface area (Å²) in [6.45, 7) is 9.48. The van der Waals surface area contributed by atoms with E-state index >= 15 is 0 Å². The smallest absolute Gasteiger partial charge is 0.0410 e. The Morgan fingerprint density at radius 2 is 2.06 bits per heavy atom. The zero-order chi connectivity index (χ0) is 12.8. The number of nitrogens with zero attached hydrogens (tertiary/aromatic N) is 1. The molecule has 0 atom stereocenters. The SMILES string of the molecule is CCN(C)c1ccc(Cl)cc1CNCC(C)C. The molecule has 0 aliphatic carbocycles. The monoisotopic (exact) mass is 254 g/mol. The molecule has 17 heavy (non-hydrogen) atoms. The van der Waals surface area contributed by atoms with Gasteiger partial charge < -0.3 is 10.2 Å². The van der Waals surface area contributed by atoms with Crippen molar-refractivity contribution >= 4 is 17.3 Å². The number of rotatable bonds is 6. The molecule has 3 heteroatoms. The molecule has 0 fully saturated rings. The average molecular weight is 255 g/mol. The predicted molar refractivity (Wildman–Crippen MR) is 76.9 cm³/mol. The number of hydrogen-bond acceptors (Lipinski definition) is 2. The summed E-state index contributed by atoms with van der Waals surface area (Å²) in [5.41, 5.74) is 2.52. The van der Waals surface area contributed by atoms with Gasteiger partial charge >= 0.3 is 0 Å². The number of nitrogens with one attached hydrogen (secondary N) is 1. The molecule has 0 bridgehead atoms. The normalized spacial score (nSPS) is 10.9. The van der Waals surface area contributed by atoms with E-state index in [2.05, 4.69) is 50.2 Å². The molecule has 0 aliphatic rings. The molecule has 1 aromatic carbocycles. The van der Waals surface area contributed by atoms with Gasteiger partial charge in [-0.15, -0.1) is 0 Å². The fourth-order valence-electron chi connectivity index (χ4n) is 1.73. The molecule has 0 radical (unpaired) electrons. The molecule has 0 saturated heterocycles. The summed E-state index contributed by atoms with van der Waals surface area (Å²) >= 11 is 6.06. The third-order valence-corrected chi connectivity index (χ3v) is 3.03. The van der Waals surface area contributed by atoms with Crippen LogP contribution in [0.15, 0.2) is 18.2 Å². The van der Waals surface area contributed by atoms with Gasteiger partial charge in [-0.1, -0.05) is 25.4 Å². The summed E-state index contributed by atoms with van der Waals surface area (Å²) in [6.07, 6.45) is 0. The molecule has 1 aromatic rings. The Balaban J connectivity index is 2.76. The zero-order valence-corrected chi connectivity index (χ0v) is 12.0. The number of anilines is 1. The summed E-state index contributed by atoms with van der Waals surface area (Å²) in [5, 5.41) is 4.27. The molecule has 0 aliphatic heterocycles. The Kier molecular flexibility index (Phi) is 5.79. The van der Waals surface area contributed by atoms with Crippen LogP contribution in [0.5, 0.6) is 0 Å². The van der Waals surface area contributed by atoms with E-state index in [9.17, 15) is 0 Å². The Labute approximate surface area is 110 Å². The van der Waals surface area contributed by atoms with Gasteiger partial charge in [0.05, 0.1) is 0 Å². The van der Waals surface area contributed by atoms with Crippen LogP contribution < -0.4 is 10.2 Å². The van der Waals surface area contributed by atoms with Gasteiger partial charge in [0.25, 0.3) is 0 Å². The summed E-state index contributed by atoms with van der Waals surface area (Å²) < 4.78 is 0. The Morgan fingerprint density at radius 3 is 2.65 bits per heavy atom. The fourth-order valence-corrected chi connectivity index (χ4v) is 1.93. The summed E-state index contributed by atoms with van der Waals surface area (Å²) in [7, 11) is 2.11. The average Bonchev–Trinajstić information content (AvgIpc) is 2.28. The first-order valence-electron chi connectivity index (χ1n) is 6.24. The second-order valence-corrected chi connectivity index (χ2v) is 5.25. The maximum absolute atomic E-state index is 6.06. The topological polar surface area (TPSA) is 15.3 Å². The van der Waals surface area contributed by atoms with Gasteiger partial charge in [-0.05, 0) is 43.1 Å². The Morgan fingerprint density at radius 1 is 1.35 bits per heavy atom. The fraction of sp³-hybridized carbons (Fsp3) is 0.571. The molecule has 0 heterocycles. The molecular weight excluding hydrogens is 232 g/mol. The third-order valence-electron chi connectivity index (χ3n) is 2.80. The Bertz CT molecular complexity index is 350. The quantitative estimate of drug-likeness (QED) is 0.835. The van der Waals surface area contributed by atoms with E-state index in [4.69, 9.17) is 11.6 Å². The molecule has 0 saturated carbocycles. The van der Waals surface area contributed by atoms with Crippen molar-refractivity contribution in [2.75, 3.05) is 25.0 Å². The maximum Gasteiger partial charge on any atom is 0.0410 e. The van der Waals surface area contributed by atoms with Crippen LogP contribution in [0.1, 0.15) is 26.3 Å². The van der Waals surface area contributed by atoms with Crippen LogP contribution >= 0.6 is 11.6 Å². The molecule has 0 spiro atoms. The predicted octanol–water partition coefficient (Wildman–Crippen LogP) is 3.54. The highest BCUT2D eigenvalue weighted by Crippen LogP contribution is 2.23. The van der Waals surface area contributed by atoms with Crippen molar-refractivity contribution in [3.63, 3.8) is 0 Å². The van der Waals surface area contributed by atoms with Crippen molar-refractivity contribution in [3.05, 3.63) is 28.8 Å². The highest BCUT2D eigenvalue weighted by molar-refractivity contribution is 6.30. The summed E-state index contributed by atoms with van der Waals surface area (Å²) in [4.78, 5) is 2.24. The van der Waals surface area contributed by atoms with Gasteiger partial charge in [0, 0.05) is 30.8 Å². The number of halogens is 1. The van der Waals surface area contributed by atoms with Crippen molar-refractivity contribution in [1.29, 1.82) is 0 Å². The van der Waals surface area contributed by atoms with Crippen LogP contribution in [0.2, 0.25) is 5.02 Å². The molecular formula is C14H23ClN2. The van der Waals surface area contributed by atoms with E-state index in [-0.39, 0.29) is 0 Å².